The lowest BCUT2D eigenvalue weighted by Crippen LogP contribution is -2.34. The molecule has 134 valence electrons. The van der Waals surface area contributed by atoms with Crippen molar-refractivity contribution in [2.75, 3.05) is 11.9 Å². The highest BCUT2D eigenvalue weighted by Gasteiger charge is 2.32. The second kappa shape index (κ2) is 6.67. The van der Waals surface area contributed by atoms with Crippen molar-refractivity contribution >= 4 is 11.7 Å². The van der Waals surface area contributed by atoms with E-state index in [9.17, 15) is 4.79 Å². The first-order chi connectivity index (χ1) is 12.6. The van der Waals surface area contributed by atoms with Crippen LogP contribution in [0, 0.1) is 13.8 Å². The third kappa shape index (κ3) is 3.08. The average Bonchev–Trinajstić information content (AvgIpc) is 3.37. The minimum Gasteiger partial charge on any atom is -0.467 e. The zero-order valence-electron chi connectivity index (χ0n) is 14.7. The highest BCUT2D eigenvalue weighted by Crippen LogP contribution is 2.33. The predicted molar refractivity (Wildman–Crippen MR) is 95.6 cm³/mol. The van der Waals surface area contributed by atoms with Gasteiger partial charge >= 0.3 is 6.03 Å². The van der Waals surface area contributed by atoms with Crippen LogP contribution in [0.4, 0.5) is 10.5 Å². The van der Waals surface area contributed by atoms with Gasteiger partial charge in [0, 0.05) is 24.7 Å². The maximum atomic E-state index is 12.8. The van der Waals surface area contributed by atoms with Gasteiger partial charge in [-0.3, -0.25) is 0 Å². The van der Waals surface area contributed by atoms with Gasteiger partial charge in [0.15, 0.2) is 0 Å². The van der Waals surface area contributed by atoms with Crippen molar-refractivity contribution in [3.63, 3.8) is 0 Å². The first-order valence-electron chi connectivity index (χ1n) is 8.64. The first-order valence-corrected chi connectivity index (χ1v) is 8.64. The van der Waals surface area contributed by atoms with Crippen molar-refractivity contribution in [3.8, 4) is 11.5 Å². The number of anilines is 1. The fourth-order valence-electron chi connectivity index (χ4n) is 3.28. The van der Waals surface area contributed by atoms with E-state index in [-0.39, 0.29) is 12.1 Å². The van der Waals surface area contributed by atoms with E-state index in [1.165, 1.54) is 0 Å². The summed E-state index contributed by atoms with van der Waals surface area (Å²) in [6.45, 7) is 4.40. The Hall–Kier alpha value is -3.09. The van der Waals surface area contributed by atoms with E-state index < -0.39 is 0 Å². The quantitative estimate of drug-likeness (QED) is 0.759. The maximum Gasteiger partial charge on any atom is 0.322 e. The molecule has 1 saturated heterocycles. The standard InChI is InChI=1S/C19H20N4O3/c1-12-7-8-14(18-22-21-13(2)26-18)11-15(12)20-19(24)23-9-3-5-16(23)17-6-4-10-25-17/h4,6-8,10-11,16H,3,5,9H2,1-2H3,(H,20,24). The van der Waals surface area contributed by atoms with Crippen molar-refractivity contribution in [1.82, 2.24) is 15.1 Å². The fourth-order valence-corrected chi connectivity index (χ4v) is 3.28. The van der Waals surface area contributed by atoms with Crippen LogP contribution in [0.2, 0.25) is 0 Å². The zero-order valence-corrected chi connectivity index (χ0v) is 14.7. The molecule has 2 aromatic heterocycles. The van der Waals surface area contributed by atoms with Crippen LogP contribution in [-0.4, -0.2) is 27.7 Å². The summed E-state index contributed by atoms with van der Waals surface area (Å²) in [6.07, 6.45) is 3.50. The molecule has 7 heteroatoms. The fraction of sp³-hybridized carbons (Fsp3) is 0.316. The van der Waals surface area contributed by atoms with Gasteiger partial charge < -0.3 is 19.1 Å². The van der Waals surface area contributed by atoms with Crippen molar-refractivity contribution in [2.24, 2.45) is 0 Å². The second-order valence-electron chi connectivity index (χ2n) is 6.45. The number of nitrogens with one attached hydrogen (secondary N) is 1. The number of nitrogens with zero attached hydrogens (tertiary/aromatic N) is 3. The third-order valence-corrected chi connectivity index (χ3v) is 4.64. The summed E-state index contributed by atoms with van der Waals surface area (Å²) in [5.41, 5.74) is 2.47. The van der Waals surface area contributed by atoms with Crippen molar-refractivity contribution in [2.45, 2.75) is 32.7 Å². The number of hydrogen-bond acceptors (Lipinski definition) is 5. The van der Waals surface area contributed by atoms with Crippen LogP contribution < -0.4 is 5.32 Å². The van der Waals surface area contributed by atoms with Gasteiger partial charge in [0.2, 0.25) is 11.8 Å². The second-order valence-corrected chi connectivity index (χ2v) is 6.45. The number of hydrogen-bond donors (Lipinski definition) is 1. The molecule has 3 heterocycles. The molecular weight excluding hydrogens is 332 g/mol. The Bertz CT molecular complexity index is 917. The molecule has 0 aliphatic carbocycles. The third-order valence-electron chi connectivity index (χ3n) is 4.64. The molecule has 0 radical (unpaired) electrons. The summed E-state index contributed by atoms with van der Waals surface area (Å²) in [5.74, 6) is 1.77. The molecule has 1 unspecified atom stereocenters. The van der Waals surface area contributed by atoms with Gasteiger partial charge in [0.1, 0.15) is 5.76 Å². The predicted octanol–water partition coefficient (Wildman–Crippen LogP) is 4.32. The lowest BCUT2D eigenvalue weighted by molar-refractivity contribution is 0.200. The van der Waals surface area contributed by atoms with Gasteiger partial charge in [-0.15, -0.1) is 10.2 Å². The smallest absolute Gasteiger partial charge is 0.322 e. The van der Waals surface area contributed by atoms with E-state index in [0.717, 1.165) is 35.4 Å². The molecule has 2 amide bonds. The van der Waals surface area contributed by atoms with Crippen LogP contribution in [0.3, 0.4) is 0 Å². The summed E-state index contributed by atoms with van der Waals surface area (Å²) < 4.78 is 11.0. The minimum absolute atomic E-state index is 0.0212. The summed E-state index contributed by atoms with van der Waals surface area (Å²) in [7, 11) is 0. The molecule has 0 spiro atoms. The topological polar surface area (TPSA) is 84.4 Å². The molecule has 7 nitrogen and oxygen atoms in total. The Kier molecular flexibility index (Phi) is 4.20. The monoisotopic (exact) mass is 352 g/mol. The Labute approximate surface area is 151 Å². The molecule has 3 aromatic rings. The SMILES string of the molecule is Cc1nnc(-c2ccc(C)c(NC(=O)N3CCCC3c3ccco3)c2)o1. The highest BCUT2D eigenvalue weighted by atomic mass is 16.4. The van der Waals surface area contributed by atoms with Crippen molar-refractivity contribution in [1.29, 1.82) is 0 Å². The first kappa shape index (κ1) is 16.4. The van der Waals surface area contributed by atoms with Crippen LogP contribution in [0.15, 0.2) is 45.4 Å². The number of likely N-dealkylation sites (tertiary alicyclic amines) is 1. The summed E-state index contributed by atoms with van der Waals surface area (Å²) in [5, 5.41) is 10.9. The van der Waals surface area contributed by atoms with E-state index in [0.29, 0.717) is 18.3 Å². The summed E-state index contributed by atoms with van der Waals surface area (Å²) in [4.78, 5) is 14.7. The van der Waals surface area contributed by atoms with E-state index in [4.69, 9.17) is 8.83 Å². The van der Waals surface area contributed by atoms with E-state index in [1.807, 2.05) is 42.2 Å². The molecule has 1 aliphatic heterocycles. The molecule has 1 aliphatic rings. The van der Waals surface area contributed by atoms with E-state index in [2.05, 4.69) is 15.5 Å². The van der Waals surface area contributed by atoms with Gasteiger partial charge in [-0.2, -0.15) is 0 Å². The molecule has 1 atom stereocenters. The Morgan fingerprint density at radius 2 is 2.15 bits per heavy atom. The summed E-state index contributed by atoms with van der Waals surface area (Å²) >= 11 is 0. The highest BCUT2D eigenvalue weighted by molar-refractivity contribution is 5.91. The van der Waals surface area contributed by atoms with Gasteiger partial charge in [-0.1, -0.05) is 6.07 Å². The maximum absolute atomic E-state index is 12.8. The zero-order chi connectivity index (χ0) is 18.1. The number of rotatable bonds is 3. The van der Waals surface area contributed by atoms with Crippen LogP contribution >= 0.6 is 0 Å². The number of amides is 2. The average molecular weight is 352 g/mol. The Morgan fingerprint density at radius 3 is 2.88 bits per heavy atom. The molecule has 0 bridgehead atoms. The Balaban J connectivity index is 1.55. The van der Waals surface area contributed by atoms with Crippen LogP contribution in [0.25, 0.3) is 11.5 Å². The van der Waals surface area contributed by atoms with Crippen LogP contribution in [-0.2, 0) is 0 Å². The van der Waals surface area contributed by atoms with Crippen LogP contribution in [0.1, 0.15) is 36.1 Å². The molecule has 1 fully saturated rings. The van der Waals surface area contributed by atoms with Crippen molar-refractivity contribution in [3.05, 3.63) is 53.8 Å². The van der Waals surface area contributed by atoms with Crippen molar-refractivity contribution < 1.29 is 13.6 Å². The molecular formula is C19H20N4O3. The number of benzene rings is 1. The minimum atomic E-state index is -0.133. The molecule has 26 heavy (non-hydrogen) atoms. The van der Waals surface area contributed by atoms with Gasteiger partial charge in [0.25, 0.3) is 0 Å². The lowest BCUT2D eigenvalue weighted by atomic mass is 10.1. The number of furan rings is 1. The summed E-state index contributed by atoms with van der Waals surface area (Å²) in [6, 6.07) is 9.30. The molecule has 1 N–H and O–H groups in total. The normalized spacial score (nSPS) is 16.8. The number of carbonyl (C=O) groups is 1. The number of aryl methyl sites for hydroxylation is 2. The Morgan fingerprint density at radius 1 is 1.27 bits per heavy atom. The van der Waals surface area contributed by atoms with E-state index in [1.54, 1.807) is 13.2 Å². The van der Waals surface area contributed by atoms with Crippen LogP contribution in [0.5, 0.6) is 0 Å². The van der Waals surface area contributed by atoms with Gasteiger partial charge in [-0.05, 0) is 49.6 Å². The molecule has 1 aromatic carbocycles. The lowest BCUT2D eigenvalue weighted by Gasteiger charge is -2.24. The molecule has 0 saturated carbocycles. The molecule has 4 rings (SSSR count). The number of carbonyl (C=O) groups excluding carboxylic acids is 1. The van der Waals surface area contributed by atoms with Gasteiger partial charge in [0.05, 0.1) is 12.3 Å². The number of aromatic nitrogens is 2. The largest absolute Gasteiger partial charge is 0.467 e. The van der Waals surface area contributed by atoms with E-state index >= 15 is 0 Å². The van der Waals surface area contributed by atoms with Gasteiger partial charge in [-0.25, -0.2) is 4.79 Å². The number of urea groups is 1.